The Labute approximate surface area is 380 Å². The number of aliphatic hydroxyl groups excluding tert-OH is 11. The lowest BCUT2D eigenvalue weighted by Gasteiger charge is -2.61. The van der Waals surface area contributed by atoms with Crippen molar-refractivity contribution in [2.45, 2.75) is 202 Å². The Hall–Kier alpha value is -0.760. The molecule has 4 saturated carbocycles. The molecule has 27 atom stereocenters. The summed E-state index contributed by atoms with van der Waals surface area (Å²) in [5.74, 6) is 0.757. The van der Waals surface area contributed by atoms with Crippen molar-refractivity contribution in [2.24, 2.45) is 52.3 Å². The van der Waals surface area contributed by atoms with Crippen LogP contribution in [-0.2, 0) is 33.2 Å². The average molecular weight is 935 g/mol. The highest BCUT2D eigenvalue weighted by atomic mass is 16.8. The van der Waals surface area contributed by atoms with E-state index in [2.05, 4.69) is 20.8 Å². The molecule has 4 aliphatic heterocycles. The smallest absolute Gasteiger partial charge is 0.187 e. The molecule has 8 rings (SSSR count). The highest BCUT2D eigenvalue weighted by molar-refractivity contribution is 5.15. The summed E-state index contributed by atoms with van der Waals surface area (Å²) >= 11 is 0. The molecule has 12 N–H and O–H groups in total. The number of ether oxygens (including phenoxy) is 7. The van der Waals surface area contributed by atoms with Gasteiger partial charge in [0.1, 0.15) is 79.4 Å². The predicted molar refractivity (Wildman–Crippen MR) is 224 cm³/mol. The van der Waals surface area contributed by atoms with Crippen LogP contribution >= 0.6 is 0 Å². The van der Waals surface area contributed by atoms with E-state index in [0.29, 0.717) is 49.5 Å². The molecule has 27 unspecified atom stereocenters. The molecule has 0 aromatic rings. The van der Waals surface area contributed by atoms with E-state index in [1.54, 1.807) is 0 Å². The van der Waals surface area contributed by atoms with Gasteiger partial charge in [-0.1, -0.05) is 27.7 Å². The molecule has 0 spiro atoms. The van der Waals surface area contributed by atoms with Gasteiger partial charge < -0.3 is 94.4 Å². The first kappa shape index (κ1) is 50.6. The summed E-state index contributed by atoms with van der Waals surface area (Å²) in [7, 11) is 0. The van der Waals surface area contributed by atoms with Gasteiger partial charge in [-0.25, -0.2) is 0 Å². The van der Waals surface area contributed by atoms with E-state index >= 15 is 0 Å². The molecule has 0 radical (unpaired) electrons. The fourth-order valence-corrected chi connectivity index (χ4v) is 14.4. The van der Waals surface area contributed by atoms with E-state index in [0.717, 1.165) is 44.9 Å². The fourth-order valence-electron chi connectivity index (χ4n) is 14.4. The Bertz CT molecular complexity index is 1580. The Balaban J connectivity index is 0.855. The van der Waals surface area contributed by atoms with Gasteiger partial charge in [0.2, 0.25) is 0 Å². The van der Waals surface area contributed by atoms with Crippen molar-refractivity contribution in [3.63, 3.8) is 0 Å². The van der Waals surface area contributed by atoms with E-state index in [9.17, 15) is 61.3 Å². The number of hydrogen-bond acceptors (Lipinski definition) is 19. The number of rotatable bonds is 14. The summed E-state index contributed by atoms with van der Waals surface area (Å²) in [4.78, 5) is 0. The van der Waals surface area contributed by atoms with Crippen molar-refractivity contribution in [1.82, 2.24) is 0 Å². The molecule has 4 saturated heterocycles. The maximum Gasteiger partial charge on any atom is 0.187 e. The first-order chi connectivity index (χ1) is 30.8. The predicted octanol–water partition coefficient (Wildman–Crippen LogP) is -1.74. The van der Waals surface area contributed by atoms with E-state index in [4.69, 9.17) is 33.2 Å². The van der Waals surface area contributed by atoms with Crippen molar-refractivity contribution in [1.29, 1.82) is 0 Å². The third kappa shape index (κ3) is 9.12. The van der Waals surface area contributed by atoms with Gasteiger partial charge in [-0.2, -0.15) is 0 Å². The lowest BCUT2D eigenvalue weighted by molar-refractivity contribution is -0.373. The maximum atomic E-state index is 12.1. The Morgan fingerprint density at radius 1 is 0.631 bits per heavy atom. The molecule has 4 heterocycles. The summed E-state index contributed by atoms with van der Waals surface area (Å²) in [6, 6.07) is 0. The maximum absolute atomic E-state index is 12.1. The summed E-state index contributed by atoms with van der Waals surface area (Å²) in [6.45, 7) is 7.56. The molecule has 0 aromatic heterocycles. The molecule has 4 aliphatic carbocycles. The normalized spacial score (nSPS) is 54.9. The molecule has 19 nitrogen and oxygen atoms in total. The lowest BCUT2D eigenvalue weighted by Crippen LogP contribution is -2.65. The zero-order valence-corrected chi connectivity index (χ0v) is 38.2. The number of fused-ring (bicyclic) bond motifs is 7. The first-order valence-electron chi connectivity index (χ1n) is 24.3. The van der Waals surface area contributed by atoms with Crippen molar-refractivity contribution in [3.05, 3.63) is 0 Å². The quantitative estimate of drug-likeness (QED) is 0.0861. The van der Waals surface area contributed by atoms with Crippen LogP contribution in [0.25, 0.3) is 0 Å². The summed E-state index contributed by atoms with van der Waals surface area (Å²) in [5.41, 5.74) is 0.0708. The third-order valence-corrected chi connectivity index (χ3v) is 18.3. The lowest BCUT2D eigenvalue weighted by atomic mass is 9.44. The number of hydrogen-bond donors (Lipinski definition) is 12. The molecule has 65 heavy (non-hydrogen) atoms. The van der Waals surface area contributed by atoms with E-state index in [-0.39, 0.29) is 47.4 Å². The molecule has 0 amide bonds. The van der Waals surface area contributed by atoms with Gasteiger partial charge in [-0.05, 0) is 104 Å². The van der Waals surface area contributed by atoms with Gasteiger partial charge in [0.25, 0.3) is 0 Å². The van der Waals surface area contributed by atoms with Gasteiger partial charge in [0.05, 0.1) is 38.6 Å². The minimum Gasteiger partial charge on any atom is -0.394 e. The Morgan fingerprint density at radius 3 is 1.91 bits per heavy atom. The third-order valence-electron chi connectivity index (χ3n) is 18.3. The topological polar surface area (TPSA) is 307 Å². The van der Waals surface area contributed by atoms with Crippen LogP contribution in [0.1, 0.15) is 91.9 Å². The molecular weight excluding hydrogens is 856 g/mol. The van der Waals surface area contributed by atoms with Crippen LogP contribution in [0.3, 0.4) is 0 Å². The van der Waals surface area contributed by atoms with Gasteiger partial charge in [0.15, 0.2) is 18.4 Å². The summed E-state index contributed by atoms with van der Waals surface area (Å²) in [5, 5.41) is 125. The van der Waals surface area contributed by atoms with Gasteiger partial charge >= 0.3 is 0 Å². The van der Waals surface area contributed by atoms with Crippen LogP contribution in [0, 0.1) is 52.3 Å². The molecular formula is C46H78O19. The molecule has 0 aromatic carbocycles. The monoisotopic (exact) mass is 935 g/mol. The zero-order chi connectivity index (χ0) is 46.9. The highest BCUT2D eigenvalue weighted by Crippen LogP contribution is 2.71. The average Bonchev–Trinajstić information content (AvgIpc) is 3.72. The Morgan fingerprint density at radius 2 is 1.23 bits per heavy atom. The SMILES string of the molecule is CC(CCC1(O)OC2CC3C4CCC5CC(OC6OC(CO)C(O)C(O)C6OC6OC(CO)C(O)C(O)C6O)CCC5(C)C4CCC3(C)C2C1C)COCC1OC(CO)C(O)C(O)C1O. The van der Waals surface area contributed by atoms with Crippen LogP contribution in [-0.4, -0.2) is 204 Å². The van der Waals surface area contributed by atoms with Crippen LogP contribution < -0.4 is 0 Å². The second-order valence-corrected chi connectivity index (χ2v) is 21.8. The Kier molecular flexibility index (Phi) is 15.4. The number of aliphatic hydroxyl groups is 12. The molecule has 8 fully saturated rings. The molecule has 376 valence electrons. The fraction of sp³-hybridized carbons (Fsp3) is 1.00. The van der Waals surface area contributed by atoms with Crippen molar-refractivity contribution >= 4 is 0 Å². The molecule has 8 aliphatic rings. The van der Waals surface area contributed by atoms with E-state index in [1.807, 2.05) is 6.92 Å². The van der Waals surface area contributed by atoms with Crippen molar-refractivity contribution in [3.8, 4) is 0 Å². The van der Waals surface area contributed by atoms with Gasteiger partial charge in [0, 0.05) is 18.9 Å². The second kappa shape index (κ2) is 19.8. The first-order valence-corrected chi connectivity index (χ1v) is 24.3. The van der Waals surface area contributed by atoms with Crippen LogP contribution in [0.4, 0.5) is 0 Å². The second-order valence-electron chi connectivity index (χ2n) is 21.8. The van der Waals surface area contributed by atoms with Crippen molar-refractivity contribution in [2.75, 3.05) is 33.0 Å². The van der Waals surface area contributed by atoms with Crippen LogP contribution in [0.5, 0.6) is 0 Å². The minimum atomic E-state index is -1.75. The van der Waals surface area contributed by atoms with Gasteiger partial charge in [-0.3, -0.25) is 0 Å². The largest absolute Gasteiger partial charge is 0.394 e. The minimum absolute atomic E-state index is 0.0162. The summed E-state index contributed by atoms with van der Waals surface area (Å²) < 4.78 is 42.1. The van der Waals surface area contributed by atoms with Crippen molar-refractivity contribution < 1.29 is 94.4 Å². The highest BCUT2D eigenvalue weighted by Gasteiger charge is 2.68. The van der Waals surface area contributed by atoms with Crippen LogP contribution in [0.2, 0.25) is 0 Å². The molecule has 19 heteroatoms. The zero-order valence-electron chi connectivity index (χ0n) is 38.2. The van der Waals surface area contributed by atoms with Gasteiger partial charge in [-0.15, -0.1) is 0 Å². The molecule has 0 bridgehead atoms. The standard InChI is InChI=1S/C46H78O19/c1-20(18-59-19-31-36(53)37(54)33(50)28(15-47)61-31)7-12-46(58)21(2)32-27(65-46)14-26-24-6-5-22-13-23(8-10-44(22,3)25(24)9-11-45(26,32)4)60-43-41(39(56)35(52)30(17-49)63-43)64-42-40(57)38(55)34(51)29(16-48)62-42/h20-43,47-58H,5-19H2,1-4H3. The summed E-state index contributed by atoms with van der Waals surface area (Å²) in [6.07, 6.45) is -12.9. The van der Waals surface area contributed by atoms with E-state index in [1.165, 1.54) is 0 Å². The van der Waals surface area contributed by atoms with Crippen LogP contribution in [0.15, 0.2) is 0 Å². The van der Waals surface area contributed by atoms with E-state index < -0.39 is 118 Å².